The fourth-order valence-electron chi connectivity index (χ4n) is 1.53. The van der Waals surface area contributed by atoms with Gasteiger partial charge in [0.1, 0.15) is 0 Å². The molecule has 94 valence electrons. The average molecular weight is 243 g/mol. The Balaban J connectivity index is 2.86. The maximum Gasteiger partial charge on any atom is 0.305 e. The summed E-state index contributed by atoms with van der Waals surface area (Å²) in [6.45, 7) is 2.56. The van der Waals surface area contributed by atoms with E-state index in [4.69, 9.17) is 5.11 Å². The first-order valence-electron chi connectivity index (χ1n) is 5.44. The van der Waals surface area contributed by atoms with Gasteiger partial charge in [-0.2, -0.15) is 0 Å². The molecule has 0 aromatic heterocycles. The number of carboxylic acid groups (broad SMARTS) is 1. The maximum atomic E-state index is 13.0. The van der Waals surface area contributed by atoms with E-state index < -0.39 is 23.6 Å². The Morgan fingerprint density at radius 3 is 2.65 bits per heavy atom. The van der Waals surface area contributed by atoms with E-state index in [2.05, 4.69) is 5.32 Å². The number of aliphatic carboxylic acids is 1. The largest absolute Gasteiger partial charge is 0.481 e. The predicted molar refractivity (Wildman–Crippen MR) is 59.6 cm³/mol. The Labute approximate surface area is 98.5 Å². The Morgan fingerprint density at radius 2 is 2.12 bits per heavy atom. The van der Waals surface area contributed by atoms with Crippen molar-refractivity contribution in [3.63, 3.8) is 0 Å². The van der Waals surface area contributed by atoms with Crippen LogP contribution in [0, 0.1) is 11.6 Å². The van der Waals surface area contributed by atoms with Gasteiger partial charge in [-0.15, -0.1) is 0 Å². The van der Waals surface area contributed by atoms with Crippen LogP contribution in [0.15, 0.2) is 18.2 Å². The molecule has 0 aliphatic carbocycles. The highest BCUT2D eigenvalue weighted by Crippen LogP contribution is 2.19. The summed E-state index contributed by atoms with van der Waals surface area (Å²) >= 11 is 0. The number of nitrogens with one attached hydrogen (secondary N) is 1. The molecule has 3 nitrogen and oxygen atoms in total. The minimum atomic E-state index is -0.983. The Bertz CT molecular complexity index is 396. The van der Waals surface area contributed by atoms with Gasteiger partial charge in [0.05, 0.1) is 6.42 Å². The molecule has 0 saturated carbocycles. The predicted octanol–water partition coefficient (Wildman–Crippen LogP) is 2.48. The van der Waals surface area contributed by atoms with Crippen LogP contribution in [0.3, 0.4) is 0 Å². The van der Waals surface area contributed by atoms with Crippen molar-refractivity contribution < 1.29 is 18.7 Å². The molecule has 5 heteroatoms. The van der Waals surface area contributed by atoms with E-state index in [0.717, 1.165) is 18.6 Å². The molecule has 0 saturated heterocycles. The summed E-state index contributed by atoms with van der Waals surface area (Å²) in [7, 11) is 0. The number of rotatable bonds is 6. The molecule has 1 aromatic carbocycles. The molecule has 1 rings (SSSR count). The molecule has 0 aliphatic heterocycles. The van der Waals surface area contributed by atoms with Crippen LogP contribution in [-0.4, -0.2) is 17.6 Å². The SMILES string of the molecule is CCCNC(CC(=O)O)c1ccc(F)c(F)c1. The molecule has 0 radical (unpaired) electrons. The highest BCUT2D eigenvalue weighted by Gasteiger charge is 2.16. The molecule has 0 heterocycles. The Kier molecular flexibility index (Phi) is 5.03. The van der Waals surface area contributed by atoms with Gasteiger partial charge in [0.2, 0.25) is 0 Å². The quantitative estimate of drug-likeness (QED) is 0.807. The van der Waals surface area contributed by atoms with E-state index in [9.17, 15) is 13.6 Å². The van der Waals surface area contributed by atoms with Crippen molar-refractivity contribution in [2.45, 2.75) is 25.8 Å². The van der Waals surface area contributed by atoms with E-state index in [1.807, 2.05) is 6.92 Å². The second kappa shape index (κ2) is 6.30. The third-order valence-corrected chi connectivity index (χ3v) is 2.37. The normalized spacial score (nSPS) is 12.4. The molecule has 1 aromatic rings. The molecule has 0 spiro atoms. The van der Waals surface area contributed by atoms with Crippen LogP contribution in [0.1, 0.15) is 31.4 Å². The lowest BCUT2D eigenvalue weighted by Crippen LogP contribution is -2.24. The van der Waals surface area contributed by atoms with Gasteiger partial charge in [-0.05, 0) is 30.7 Å². The number of carboxylic acids is 1. The summed E-state index contributed by atoms with van der Waals surface area (Å²) in [4.78, 5) is 10.7. The van der Waals surface area contributed by atoms with Gasteiger partial charge < -0.3 is 10.4 Å². The van der Waals surface area contributed by atoms with Crippen LogP contribution in [0.2, 0.25) is 0 Å². The zero-order chi connectivity index (χ0) is 12.8. The number of halogens is 2. The highest BCUT2D eigenvalue weighted by atomic mass is 19.2. The number of carbonyl (C=O) groups is 1. The van der Waals surface area contributed by atoms with Gasteiger partial charge >= 0.3 is 5.97 Å². The molecule has 0 bridgehead atoms. The minimum absolute atomic E-state index is 0.162. The summed E-state index contributed by atoms with van der Waals surface area (Å²) in [6.07, 6.45) is 0.671. The van der Waals surface area contributed by atoms with Crippen molar-refractivity contribution >= 4 is 5.97 Å². The number of hydrogen-bond acceptors (Lipinski definition) is 2. The van der Waals surface area contributed by atoms with Crippen LogP contribution >= 0.6 is 0 Å². The zero-order valence-electron chi connectivity index (χ0n) is 9.54. The van der Waals surface area contributed by atoms with E-state index in [1.165, 1.54) is 6.07 Å². The number of hydrogen-bond donors (Lipinski definition) is 2. The fourth-order valence-corrected chi connectivity index (χ4v) is 1.53. The molecule has 1 unspecified atom stereocenters. The van der Waals surface area contributed by atoms with Crippen LogP contribution in [0.4, 0.5) is 8.78 Å². The van der Waals surface area contributed by atoms with Crippen molar-refractivity contribution in [2.75, 3.05) is 6.54 Å². The lowest BCUT2D eigenvalue weighted by atomic mass is 10.0. The minimum Gasteiger partial charge on any atom is -0.481 e. The van der Waals surface area contributed by atoms with Gasteiger partial charge in [0.25, 0.3) is 0 Å². The molecule has 0 fully saturated rings. The second-order valence-electron chi connectivity index (χ2n) is 3.78. The van der Waals surface area contributed by atoms with Crippen LogP contribution in [-0.2, 0) is 4.79 Å². The lowest BCUT2D eigenvalue weighted by Gasteiger charge is -2.17. The van der Waals surface area contributed by atoms with Crippen molar-refractivity contribution in [1.82, 2.24) is 5.32 Å². The first-order chi connectivity index (χ1) is 8.04. The molecule has 2 N–H and O–H groups in total. The summed E-state index contributed by atoms with van der Waals surface area (Å²) < 4.78 is 25.8. The first-order valence-corrected chi connectivity index (χ1v) is 5.44. The topological polar surface area (TPSA) is 49.3 Å². The Hall–Kier alpha value is -1.49. The first kappa shape index (κ1) is 13.6. The summed E-state index contributed by atoms with van der Waals surface area (Å²) in [5.41, 5.74) is 0.444. The van der Waals surface area contributed by atoms with Gasteiger partial charge in [0, 0.05) is 6.04 Å². The third kappa shape index (κ3) is 4.11. The van der Waals surface area contributed by atoms with Crippen molar-refractivity contribution in [3.05, 3.63) is 35.4 Å². The van der Waals surface area contributed by atoms with Crippen LogP contribution in [0.25, 0.3) is 0 Å². The van der Waals surface area contributed by atoms with Crippen molar-refractivity contribution in [2.24, 2.45) is 0 Å². The molecular weight excluding hydrogens is 228 g/mol. The van der Waals surface area contributed by atoms with Crippen LogP contribution < -0.4 is 5.32 Å². The molecule has 0 amide bonds. The monoisotopic (exact) mass is 243 g/mol. The number of benzene rings is 1. The highest BCUT2D eigenvalue weighted by molar-refractivity contribution is 5.67. The van der Waals surface area contributed by atoms with Crippen LogP contribution in [0.5, 0.6) is 0 Å². The Morgan fingerprint density at radius 1 is 1.41 bits per heavy atom. The lowest BCUT2D eigenvalue weighted by molar-refractivity contribution is -0.137. The van der Waals surface area contributed by atoms with Crippen molar-refractivity contribution in [1.29, 1.82) is 0 Å². The van der Waals surface area contributed by atoms with E-state index >= 15 is 0 Å². The standard InChI is InChI=1S/C12H15F2NO2/c1-2-5-15-11(7-12(16)17)8-3-4-9(13)10(14)6-8/h3-4,6,11,15H,2,5,7H2,1H3,(H,16,17). The molecule has 1 atom stereocenters. The second-order valence-corrected chi connectivity index (χ2v) is 3.78. The summed E-state index contributed by atoms with van der Waals surface area (Å²) in [5, 5.41) is 11.8. The summed E-state index contributed by atoms with van der Waals surface area (Å²) in [6, 6.07) is 2.94. The van der Waals surface area contributed by atoms with Gasteiger partial charge in [-0.1, -0.05) is 13.0 Å². The zero-order valence-corrected chi connectivity index (χ0v) is 9.54. The fraction of sp³-hybridized carbons (Fsp3) is 0.417. The third-order valence-electron chi connectivity index (χ3n) is 2.37. The van der Waals surface area contributed by atoms with E-state index in [1.54, 1.807) is 0 Å². The van der Waals surface area contributed by atoms with Crippen molar-refractivity contribution in [3.8, 4) is 0 Å². The van der Waals surface area contributed by atoms with E-state index in [-0.39, 0.29) is 6.42 Å². The molecule has 17 heavy (non-hydrogen) atoms. The molecule has 0 aliphatic rings. The summed E-state index contributed by atoms with van der Waals surface area (Å²) in [5.74, 6) is -2.88. The van der Waals surface area contributed by atoms with Gasteiger partial charge in [0.15, 0.2) is 11.6 Å². The van der Waals surface area contributed by atoms with E-state index in [0.29, 0.717) is 12.1 Å². The maximum absolute atomic E-state index is 13.0. The van der Waals surface area contributed by atoms with Gasteiger partial charge in [-0.25, -0.2) is 8.78 Å². The molecular formula is C12H15F2NO2. The van der Waals surface area contributed by atoms with Gasteiger partial charge in [-0.3, -0.25) is 4.79 Å². The smallest absolute Gasteiger partial charge is 0.305 e. The average Bonchev–Trinajstić information content (AvgIpc) is 2.27.